The molecule has 136 valence electrons. The molecule has 27 heavy (non-hydrogen) atoms. The van der Waals surface area contributed by atoms with Crippen LogP contribution in [0, 0.1) is 11.3 Å². The number of nitrogens with zero attached hydrogens (tertiary/aromatic N) is 6. The van der Waals surface area contributed by atoms with Gasteiger partial charge in [-0.1, -0.05) is 11.6 Å². The minimum absolute atomic E-state index is 0.308. The Bertz CT molecular complexity index is 974. The van der Waals surface area contributed by atoms with Crippen LogP contribution in [0.25, 0.3) is 5.95 Å². The second-order valence-corrected chi connectivity index (χ2v) is 6.34. The SMILES string of the molecule is N#Cc1ccn(-c2nc(Nc3ccc(Cl)cc3)cc(N3CCOCC3)n2)n1. The van der Waals surface area contributed by atoms with Crippen molar-refractivity contribution in [3.05, 3.63) is 53.3 Å². The summed E-state index contributed by atoms with van der Waals surface area (Å²) < 4.78 is 6.92. The van der Waals surface area contributed by atoms with Crippen LogP contribution >= 0.6 is 11.6 Å². The fourth-order valence-electron chi connectivity index (χ4n) is 2.72. The number of benzene rings is 1. The van der Waals surface area contributed by atoms with E-state index in [1.54, 1.807) is 12.3 Å². The zero-order chi connectivity index (χ0) is 18.6. The molecule has 3 heterocycles. The lowest BCUT2D eigenvalue weighted by atomic mass is 10.3. The van der Waals surface area contributed by atoms with Crippen molar-refractivity contribution in [3.63, 3.8) is 0 Å². The third-order valence-electron chi connectivity index (χ3n) is 4.06. The standard InChI is InChI=1S/C18H16ClN7O/c19-13-1-3-14(4-2-13)21-16-11-17(25-7-9-27-10-8-25)23-18(22-16)26-6-5-15(12-20)24-26/h1-6,11H,7-10H2,(H,21,22,23). The van der Waals surface area contributed by atoms with Gasteiger partial charge in [-0.05, 0) is 30.3 Å². The Hall–Kier alpha value is -3.15. The molecule has 0 bridgehead atoms. The molecule has 0 saturated carbocycles. The van der Waals surface area contributed by atoms with Crippen LogP contribution in [-0.2, 0) is 4.74 Å². The Kier molecular flexibility index (Phi) is 4.87. The van der Waals surface area contributed by atoms with E-state index in [2.05, 4.69) is 25.3 Å². The highest BCUT2D eigenvalue weighted by atomic mass is 35.5. The monoisotopic (exact) mass is 381 g/mol. The lowest BCUT2D eigenvalue weighted by Gasteiger charge is -2.28. The number of aromatic nitrogens is 4. The van der Waals surface area contributed by atoms with Gasteiger partial charge < -0.3 is 15.0 Å². The molecular weight excluding hydrogens is 366 g/mol. The fraction of sp³-hybridized carbons (Fsp3) is 0.222. The molecule has 1 fully saturated rings. The first-order valence-corrected chi connectivity index (χ1v) is 8.79. The second-order valence-electron chi connectivity index (χ2n) is 5.90. The number of hydrogen-bond acceptors (Lipinski definition) is 7. The number of ether oxygens (including phenoxy) is 1. The molecule has 0 aliphatic carbocycles. The van der Waals surface area contributed by atoms with Crippen LogP contribution in [0.2, 0.25) is 5.02 Å². The topological polar surface area (TPSA) is 91.9 Å². The number of halogens is 1. The molecule has 0 spiro atoms. The third kappa shape index (κ3) is 4.00. The minimum Gasteiger partial charge on any atom is -0.378 e. The van der Waals surface area contributed by atoms with E-state index in [0.717, 1.165) is 24.6 Å². The molecule has 0 radical (unpaired) electrons. The quantitative estimate of drug-likeness (QED) is 0.742. The smallest absolute Gasteiger partial charge is 0.254 e. The molecule has 1 aromatic carbocycles. The molecular formula is C18H16ClN7O. The van der Waals surface area contributed by atoms with Crippen molar-refractivity contribution in [2.75, 3.05) is 36.5 Å². The molecule has 9 heteroatoms. The molecule has 3 aromatic rings. The number of nitrogens with one attached hydrogen (secondary N) is 1. The van der Waals surface area contributed by atoms with Gasteiger partial charge in [0.05, 0.1) is 13.2 Å². The van der Waals surface area contributed by atoms with E-state index in [1.807, 2.05) is 36.4 Å². The normalized spacial score (nSPS) is 14.0. The maximum Gasteiger partial charge on any atom is 0.254 e. The zero-order valence-corrected chi connectivity index (χ0v) is 15.1. The van der Waals surface area contributed by atoms with Crippen LogP contribution in [0.1, 0.15) is 5.69 Å². The van der Waals surface area contributed by atoms with E-state index >= 15 is 0 Å². The lowest BCUT2D eigenvalue weighted by Crippen LogP contribution is -2.37. The molecule has 0 unspecified atom stereocenters. The summed E-state index contributed by atoms with van der Waals surface area (Å²) in [5.41, 5.74) is 1.16. The van der Waals surface area contributed by atoms with Gasteiger partial charge in [-0.15, -0.1) is 0 Å². The number of nitriles is 1. The molecule has 1 saturated heterocycles. The van der Waals surface area contributed by atoms with Crippen LogP contribution in [-0.4, -0.2) is 46.1 Å². The van der Waals surface area contributed by atoms with E-state index in [1.165, 1.54) is 4.68 Å². The Morgan fingerprint density at radius 3 is 2.59 bits per heavy atom. The summed E-state index contributed by atoms with van der Waals surface area (Å²) >= 11 is 5.95. The summed E-state index contributed by atoms with van der Waals surface area (Å²) in [5, 5.41) is 17.1. The summed E-state index contributed by atoms with van der Waals surface area (Å²) in [4.78, 5) is 11.3. The Morgan fingerprint density at radius 2 is 1.89 bits per heavy atom. The molecule has 2 aromatic heterocycles. The van der Waals surface area contributed by atoms with Gasteiger partial charge in [0, 0.05) is 36.1 Å². The van der Waals surface area contributed by atoms with Gasteiger partial charge in [0.2, 0.25) is 0 Å². The van der Waals surface area contributed by atoms with Crippen LogP contribution in [0.4, 0.5) is 17.3 Å². The Morgan fingerprint density at radius 1 is 1.11 bits per heavy atom. The van der Waals surface area contributed by atoms with Gasteiger partial charge in [-0.2, -0.15) is 20.3 Å². The summed E-state index contributed by atoms with van der Waals surface area (Å²) in [6.45, 7) is 2.80. The van der Waals surface area contributed by atoms with Gasteiger partial charge >= 0.3 is 0 Å². The summed E-state index contributed by atoms with van der Waals surface area (Å²) in [5.74, 6) is 1.78. The van der Waals surface area contributed by atoms with Crippen LogP contribution in [0.3, 0.4) is 0 Å². The van der Waals surface area contributed by atoms with Gasteiger partial charge in [0.15, 0.2) is 5.69 Å². The zero-order valence-electron chi connectivity index (χ0n) is 14.3. The van der Waals surface area contributed by atoms with E-state index in [9.17, 15) is 0 Å². The van der Waals surface area contributed by atoms with E-state index < -0.39 is 0 Å². The molecule has 1 aliphatic heterocycles. The highest BCUT2D eigenvalue weighted by Gasteiger charge is 2.16. The lowest BCUT2D eigenvalue weighted by molar-refractivity contribution is 0.122. The summed E-state index contributed by atoms with van der Waals surface area (Å²) in [6, 6.07) is 12.9. The molecule has 4 rings (SSSR count). The first kappa shape index (κ1) is 17.3. The average molecular weight is 382 g/mol. The molecule has 1 N–H and O–H groups in total. The van der Waals surface area contributed by atoms with E-state index in [0.29, 0.717) is 35.7 Å². The third-order valence-corrected chi connectivity index (χ3v) is 4.31. The van der Waals surface area contributed by atoms with E-state index in [-0.39, 0.29) is 0 Å². The van der Waals surface area contributed by atoms with Gasteiger partial charge in [-0.3, -0.25) is 0 Å². The Balaban J connectivity index is 1.71. The molecule has 0 atom stereocenters. The van der Waals surface area contributed by atoms with Crippen molar-refractivity contribution in [2.24, 2.45) is 0 Å². The summed E-state index contributed by atoms with van der Waals surface area (Å²) in [7, 11) is 0. The number of hydrogen-bond donors (Lipinski definition) is 1. The summed E-state index contributed by atoms with van der Waals surface area (Å²) in [6.07, 6.45) is 1.67. The predicted molar refractivity (Wildman–Crippen MR) is 102 cm³/mol. The number of anilines is 3. The van der Waals surface area contributed by atoms with Crippen molar-refractivity contribution in [2.45, 2.75) is 0 Å². The number of morpholine rings is 1. The Labute approximate surface area is 161 Å². The van der Waals surface area contributed by atoms with Crippen LogP contribution in [0.15, 0.2) is 42.6 Å². The first-order chi connectivity index (χ1) is 13.2. The second kappa shape index (κ2) is 7.61. The van der Waals surface area contributed by atoms with Crippen LogP contribution in [0.5, 0.6) is 0 Å². The minimum atomic E-state index is 0.308. The van der Waals surface area contributed by atoms with Crippen molar-refractivity contribution >= 4 is 28.9 Å². The van der Waals surface area contributed by atoms with Crippen molar-refractivity contribution in [1.82, 2.24) is 19.7 Å². The highest BCUT2D eigenvalue weighted by Crippen LogP contribution is 2.23. The highest BCUT2D eigenvalue weighted by molar-refractivity contribution is 6.30. The van der Waals surface area contributed by atoms with Crippen molar-refractivity contribution in [3.8, 4) is 12.0 Å². The largest absolute Gasteiger partial charge is 0.378 e. The van der Waals surface area contributed by atoms with Crippen molar-refractivity contribution in [1.29, 1.82) is 5.26 Å². The van der Waals surface area contributed by atoms with Crippen LogP contribution < -0.4 is 10.2 Å². The molecule has 1 aliphatic rings. The molecule has 8 nitrogen and oxygen atoms in total. The fourth-order valence-corrected chi connectivity index (χ4v) is 2.85. The van der Waals surface area contributed by atoms with Gasteiger partial charge in [0.25, 0.3) is 5.95 Å². The van der Waals surface area contributed by atoms with Gasteiger partial charge in [-0.25, -0.2) is 4.68 Å². The molecule has 0 amide bonds. The average Bonchev–Trinajstić information content (AvgIpc) is 3.20. The maximum absolute atomic E-state index is 9.02. The van der Waals surface area contributed by atoms with E-state index in [4.69, 9.17) is 21.6 Å². The van der Waals surface area contributed by atoms with Gasteiger partial charge in [0.1, 0.15) is 17.7 Å². The van der Waals surface area contributed by atoms with Crippen molar-refractivity contribution < 1.29 is 4.74 Å². The maximum atomic E-state index is 9.02. The first-order valence-electron chi connectivity index (χ1n) is 8.42. The number of rotatable bonds is 4. The predicted octanol–water partition coefficient (Wildman–Crippen LogP) is 2.77.